The van der Waals surface area contributed by atoms with Crippen molar-refractivity contribution in [2.24, 2.45) is 0 Å². The van der Waals surface area contributed by atoms with Crippen LogP contribution in [0, 0.1) is 0 Å². The zero-order valence-corrected chi connectivity index (χ0v) is 20.4. The van der Waals surface area contributed by atoms with Gasteiger partial charge in [0.25, 0.3) is 0 Å². The number of likely N-dealkylation sites (N-methyl/N-ethyl adjacent to an activating group) is 1. The molecular weight excluding hydrogens is 414 g/mol. The normalized spacial score (nSPS) is 13.1. The maximum absolute atomic E-state index is 13.4. The molecular formula is C23H37N3O4S. The Hall–Kier alpha value is -2.22. The third-order valence-electron chi connectivity index (χ3n) is 4.53. The highest BCUT2D eigenvalue weighted by molar-refractivity contribution is 7.98. The molecule has 0 heterocycles. The van der Waals surface area contributed by atoms with Crippen LogP contribution in [0.15, 0.2) is 30.3 Å². The van der Waals surface area contributed by atoms with Crippen LogP contribution in [-0.4, -0.2) is 60.1 Å². The first-order valence-corrected chi connectivity index (χ1v) is 12.1. The molecule has 0 fully saturated rings. The Morgan fingerprint density at radius 1 is 1.16 bits per heavy atom. The highest BCUT2D eigenvalue weighted by Gasteiger charge is 2.33. The SMILES string of the molecule is CCCCNC(=O)C(c1ccccc1)N(C)C(=O)C(CCSC)NC(=O)OC(C)(C)C. The number of carbonyl (C=O) groups excluding carboxylic acids is 3. The number of carbonyl (C=O) groups is 3. The van der Waals surface area contributed by atoms with E-state index in [4.69, 9.17) is 4.74 Å². The number of hydrogen-bond acceptors (Lipinski definition) is 5. The molecule has 0 saturated heterocycles. The van der Waals surface area contributed by atoms with Crippen molar-refractivity contribution in [3.63, 3.8) is 0 Å². The maximum Gasteiger partial charge on any atom is 0.408 e. The highest BCUT2D eigenvalue weighted by Crippen LogP contribution is 2.21. The molecule has 0 aliphatic rings. The minimum Gasteiger partial charge on any atom is -0.444 e. The number of ether oxygens (including phenoxy) is 1. The van der Waals surface area contributed by atoms with Gasteiger partial charge in [0.1, 0.15) is 17.7 Å². The second kappa shape index (κ2) is 13.2. The van der Waals surface area contributed by atoms with E-state index in [2.05, 4.69) is 17.6 Å². The van der Waals surface area contributed by atoms with Crippen LogP contribution in [0.4, 0.5) is 4.79 Å². The predicted octanol–water partition coefficient (Wildman–Crippen LogP) is 3.75. The highest BCUT2D eigenvalue weighted by atomic mass is 32.2. The maximum atomic E-state index is 13.4. The van der Waals surface area contributed by atoms with E-state index in [9.17, 15) is 14.4 Å². The number of benzene rings is 1. The fourth-order valence-corrected chi connectivity index (χ4v) is 3.46. The second-order valence-electron chi connectivity index (χ2n) is 8.39. The van der Waals surface area contributed by atoms with Crippen LogP contribution in [0.5, 0.6) is 0 Å². The Bertz CT molecular complexity index is 707. The van der Waals surface area contributed by atoms with Crippen molar-refractivity contribution in [2.75, 3.05) is 25.6 Å². The van der Waals surface area contributed by atoms with Crippen molar-refractivity contribution >= 4 is 29.7 Å². The van der Waals surface area contributed by atoms with E-state index in [-0.39, 0.29) is 11.8 Å². The van der Waals surface area contributed by atoms with Crippen LogP contribution in [0.2, 0.25) is 0 Å². The zero-order valence-electron chi connectivity index (χ0n) is 19.6. The Kier molecular flexibility index (Phi) is 11.5. The fraction of sp³-hybridized carbons (Fsp3) is 0.609. The first kappa shape index (κ1) is 26.8. The van der Waals surface area contributed by atoms with Gasteiger partial charge in [-0.15, -0.1) is 0 Å². The molecule has 31 heavy (non-hydrogen) atoms. The van der Waals surface area contributed by atoms with Crippen LogP contribution in [0.1, 0.15) is 58.6 Å². The molecule has 8 heteroatoms. The van der Waals surface area contributed by atoms with E-state index in [0.29, 0.717) is 24.3 Å². The van der Waals surface area contributed by atoms with Crippen molar-refractivity contribution in [2.45, 2.75) is 64.6 Å². The van der Waals surface area contributed by atoms with Crippen molar-refractivity contribution in [3.05, 3.63) is 35.9 Å². The smallest absolute Gasteiger partial charge is 0.408 e. The average Bonchev–Trinajstić information content (AvgIpc) is 2.70. The van der Waals surface area contributed by atoms with Gasteiger partial charge < -0.3 is 20.3 Å². The van der Waals surface area contributed by atoms with Crippen molar-refractivity contribution < 1.29 is 19.1 Å². The number of nitrogens with zero attached hydrogens (tertiary/aromatic N) is 1. The number of thioether (sulfide) groups is 1. The average molecular weight is 452 g/mol. The summed E-state index contributed by atoms with van der Waals surface area (Å²) in [4.78, 5) is 40.1. The summed E-state index contributed by atoms with van der Waals surface area (Å²) in [6.45, 7) is 7.90. The molecule has 1 rings (SSSR count). The van der Waals surface area contributed by atoms with Gasteiger partial charge in [0, 0.05) is 13.6 Å². The van der Waals surface area contributed by atoms with Crippen molar-refractivity contribution in [1.82, 2.24) is 15.5 Å². The lowest BCUT2D eigenvalue weighted by atomic mass is 10.0. The van der Waals surface area contributed by atoms with E-state index in [0.717, 1.165) is 12.8 Å². The number of amides is 3. The number of nitrogens with one attached hydrogen (secondary N) is 2. The van der Waals surface area contributed by atoms with Gasteiger partial charge in [0.05, 0.1) is 0 Å². The third kappa shape index (κ3) is 9.63. The van der Waals surface area contributed by atoms with E-state index in [1.165, 1.54) is 4.90 Å². The van der Waals surface area contributed by atoms with E-state index < -0.39 is 23.8 Å². The second-order valence-corrected chi connectivity index (χ2v) is 9.37. The van der Waals surface area contributed by atoms with Crippen LogP contribution in [0.3, 0.4) is 0 Å². The Morgan fingerprint density at radius 2 is 1.81 bits per heavy atom. The number of rotatable bonds is 11. The summed E-state index contributed by atoms with van der Waals surface area (Å²) >= 11 is 1.58. The summed E-state index contributed by atoms with van der Waals surface area (Å²) in [6, 6.07) is 7.61. The molecule has 0 bridgehead atoms. The first-order chi connectivity index (χ1) is 14.6. The molecule has 174 valence electrons. The van der Waals surface area contributed by atoms with Gasteiger partial charge in [-0.2, -0.15) is 11.8 Å². The van der Waals surface area contributed by atoms with Crippen molar-refractivity contribution in [3.8, 4) is 0 Å². The van der Waals surface area contributed by atoms with Crippen LogP contribution in [0.25, 0.3) is 0 Å². The lowest BCUT2D eigenvalue weighted by Crippen LogP contribution is -2.52. The molecule has 0 aliphatic carbocycles. The summed E-state index contributed by atoms with van der Waals surface area (Å²) in [7, 11) is 1.60. The van der Waals surface area contributed by atoms with Gasteiger partial charge in [-0.1, -0.05) is 43.7 Å². The van der Waals surface area contributed by atoms with Gasteiger partial charge in [-0.25, -0.2) is 4.79 Å². The van der Waals surface area contributed by atoms with Crippen molar-refractivity contribution in [1.29, 1.82) is 0 Å². The molecule has 7 nitrogen and oxygen atoms in total. The third-order valence-corrected chi connectivity index (χ3v) is 5.17. The molecule has 3 amide bonds. The number of unbranched alkanes of at least 4 members (excludes halogenated alkanes) is 1. The van der Waals surface area contributed by atoms with Gasteiger partial charge >= 0.3 is 6.09 Å². The summed E-state index contributed by atoms with van der Waals surface area (Å²) in [5, 5.41) is 5.61. The molecule has 2 unspecified atom stereocenters. The molecule has 0 aromatic heterocycles. The van der Waals surface area contributed by atoms with E-state index in [1.54, 1.807) is 39.6 Å². The summed E-state index contributed by atoms with van der Waals surface area (Å²) < 4.78 is 5.33. The topological polar surface area (TPSA) is 87.7 Å². The monoisotopic (exact) mass is 451 g/mol. The molecule has 0 saturated carbocycles. The molecule has 0 aliphatic heterocycles. The minimum atomic E-state index is -0.790. The van der Waals surface area contributed by atoms with E-state index in [1.807, 2.05) is 36.6 Å². The Morgan fingerprint density at radius 3 is 2.35 bits per heavy atom. The molecule has 1 aromatic carbocycles. The van der Waals surface area contributed by atoms with Gasteiger partial charge in [0.2, 0.25) is 11.8 Å². The molecule has 2 N–H and O–H groups in total. The molecule has 2 atom stereocenters. The van der Waals surface area contributed by atoms with E-state index >= 15 is 0 Å². The fourth-order valence-electron chi connectivity index (χ4n) is 2.99. The molecule has 0 radical (unpaired) electrons. The Labute approximate surface area is 190 Å². The van der Waals surface area contributed by atoms with Gasteiger partial charge in [0.15, 0.2) is 0 Å². The summed E-state index contributed by atoms with van der Waals surface area (Å²) in [6.07, 6.45) is 3.54. The number of hydrogen-bond donors (Lipinski definition) is 2. The summed E-state index contributed by atoms with van der Waals surface area (Å²) in [5.41, 5.74) is 0.0442. The number of alkyl carbamates (subject to hydrolysis) is 1. The summed E-state index contributed by atoms with van der Waals surface area (Å²) in [5.74, 6) is 0.106. The van der Waals surface area contributed by atoms with Crippen LogP contribution >= 0.6 is 11.8 Å². The van der Waals surface area contributed by atoms with Gasteiger partial charge in [-0.05, 0) is 51.2 Å². The Balaban J connectivity index is 3.08. The first-order valence-electron chi connectivity index (χ1n) is 10.7. The lowest BCUT2D eigenvalue weighted by molar-refractivity contribution is -0.140. The lowest BCUT2D eigenvalue weighted by Gasteiger charge is -2.31. The minimum absolute atomic E-state index is 0.239. The van der Waals surface area contributed by atoms with Crippen LogP contribution < -0.4 is 10.6 Å². The zero-order chi connectivity index (χ0) is 23.4. The van der Waals surface area contributed by atoms with Crippen LogP contribution in [-0.2, 0) is 14.3 Å². The molecule has 0 spiro atoms. The van der Waals surface area contributed by atoms with Gasteiger partial charge in [-0.3, -0.25) is 9.59 Å². The largest absolute Gasteiger partial charge is 0.444 e. The quantitative estimate of drug-likeness (QED) is 0.500. The predicted molar refractivity (Wildman–Crippen MR) is 126 cm³/mol. The molecule has 1 aromatic rings. The standard InChI is InChI=1S/C23H37N3O4S/c1-7-8-15-24-20(27)19(17-12-10-9-11-13-17)26(5)21(28)18(14-16-31-6)25-22(29)30-23(2,3)4/h9-13,18-19H,7-8,14-16H2,1-6H3,(H,24,27)(H,25,29).